The minimum Gasteiger partial charge on any atom is -0.462 e. The van der Waals surface area contributed by atoms with Gasteiger partial charge in [-0.05, 0) is 44.9 Å². The van der Waals surface area contributed by atoms with E-state index in [1.807, 2.05) is 0 Å². The Bertz CT molecular complexity index is 1220. The maximum absolute atomic E-state index is 12.8. The fourth-order valence-electron chi connectivity index (χ4n) is 7.91. The van der Waals surface area contributed by atoms with Crippen LogP contribution in [0.25, 0.3) is 0 Å². The molecule has 13 nitrogen and oxygen atoms in total. The molecule has 376 valence electrons. The molecule has 1 aliphatic carbocycles. The molecule has 0 aromatic heterocycles. The SMILES string of the molecule is CCCCC/C=C\C/C=C\CCCCCCCCCC(=O)OC(COC(=O)CCCCCCCCCCCCCCCCCCCC)COP(=O)(O)OC1C(O)C(O)C(O)C(O)C1O. The van der Waals surface area contributed by atoms with Crippen LogP contribution in [-0.4, -0.2) is 98.3 Å². The summed E-state index contributed by atoms with van der Waals surface area (Å²) in [6, 6.07) is 0. The van der Waals surface area contributed by atoms with Crippen molar-refractivity contribution < 1.29 is 63.1 Å². The first-order valence-corrected chi connectivity index (χ1v) is 27.1. The summed E-state index contributed by atoms with van der Waals surface area (Å²) in [4.78, 5) is 35.8. The Hall–Kier alpha value is -1.67. The van der Waals surface area contributed by atoms with E-state index in [0.717, 1.165) is 77.0 Å². The van der Waals surface area contributed by atoms with E-state index < -0.39 is 75.7 Å². The van der Waals surface area contributed by atoms with Gasteiger partial charge in [0.2, 0.25) is 0 Å². The Morgan fingerprint density at radius 1 is 0.484 bits per heavy atom. The van der Waals surface area contributed by atoms with E-state index >= 15 is 0 Å². The molecule has 0 bridgehead atoms. The van der Waals surface area contributed by atoms with Crippen LogP contribution in [0.2, 0.25) is 0 Å². The second-order valence-electron chi connectivity index (χ2n) is 18.0. The Labute approximate surface area is 387 Å². The molecular formula is C50H93O13P. The van der Waals surface area contributed by atoms with Crippen LogP contribution in [0.3, 0.4) is 0 Å². The van der Waals surface area contributed by atoms with Crippen molar-refractivity contribution in [1.82, 2.24) is 0 Å². The molecule has 1 rings (SSSR count). The number of aliphatic hydroxyl groups excluding tert-OH is 5. The fourth-order valence-corrected chi connectivity index (χ4v) is 8.88. The number of phosphoric acid groups is 1. The molecule has 0 amide bonds. The molecule has 0 aromatic carbocycles. The lowest BCUT2D eigenvalue weighted by molar-refractivity contribution is -0.220. The van der Waals surface area contributed by atoms with E-state index in [1.165, 1.54) is 109 Å². The van der Waals surface area contributed by atoms with Gasteiger partial charge in [-0.3, -0.25) is 18.6 Å². The van der Waals surface area contributed by atoms with E-state index in [2.05, 4.69) is 38.2 Å². The number of carbonyl (C=O) groups excluding carboxylic acids is 2. The smallest absolute Gasteiger partial charge is 0.462 e. The maximum atomic E-state index is 12.8. The minimum absolute atomic E-state index is 0.0907. The average molecular weight is 933 g/mol. The Balaban J connectivity index is 2.40. The van der Waals surface area contributed by atoms with Gasteiger partial charge >= 0.3 is 19.8 Å². The van der Waals surface area contributed by atoms with Crippen LogP contribution < -0.4 is 0 Å². The maximum Gasteiger partial charge on any atom is 0.472 e. The topological polar surface area (TPSA) is 210 Å². The molecule has 6 N–H and O–H groups in total. The number of ether oxygens (including phenoxy) is 2. The first-order valence-electron chi connectivity index (χ1n) is 25.6. The van der Waals surface area contributed by atoms with E-state index in [9.17, 15) is 44.6 Å². The second-order valence-corrected chi connectivity index (χ2v) is 19.4. The molecule has 1 aliphatic rings. The van der Waals surface area contributed by atoms with Crippen molar-refractivity contribution in [3.05, 3.63) is 24.3 Å². The predicted octanol–water partition coefficient (Wildman–Crippen LogP) is 10.8. The highest BCUT2D eigenvalue weighted by Gasteiger charge is 2.51. The highest BCUT2D eigenvalue weighted by molar-refractivity contribution is 7.47. The second kappa shape index (κ2) is 40.4. The number of carbonyl (C=O) groups is 2. The van der Waals surface area contributed by atoms with Crippen molar-refractivity contribution in [2.24, 2.45) is 0 Å². The van der Waals surface area contributed by atoms with Gasteiger partial charge in [-0.25, -0.2) is 4.57 Å². The first-order chi connectivity index (χ1) is 30.9. The van der Waals surface area contributed by atoms with Crippen LogP contribution >= 0.6 is 7.82 Å². The Morgan fingerprint density at radius 2 is 0.844 bits per heavy atom. The van der Waals surface area contributed by atoms with Crippen LogP contribution in [0.15, 0.2) is 24.3 Å². The number of allylic oxidation sites excluding steroid dienone is 4. The molecule has 0 spiro atoms. The van der Waals surface area contributed by atoms with Gasteiger partial charge in [0.15, 0.2) is 6.10 Å². The van der Waals surface area contributed by atoms with Crippen molar-refractivity contribution in [1.29, 1.82) is 0 Å². The first kappa shape index (κ1) is 60.3. The zero-order valence-corrected chi connectivity index (χ0v) is 41.0. The number of hydrogen-bond donors (Lipinski definition) is 6. The van der Waals surface area contributed by atoms with Crippen LogP contribution in [0.4, 0.5) is 0 Å². The van der Waals surface area contributed by atoms with Crippen molar-refractivity contribution in [2.45, 2.75) is 268 Å². The van der Waals surface area contributed by atoms with Crippen LogP contribution in [0.1, 0.15) is 226 Å². The standard InChI is InChI=1S/C50H93O13P/c1-3-5-7-9-11-13-15-17-19-21-23-24-26-28-30-32-34-36-38-43(51)60-40-42(41-61-64(58,59)63-50-48(56)46(54)45(53)47(55)49(50)57)62-44(52)39-37-35-33-31-29-27-25-22-20-18-16-14-12-10-8-6-4-2/h12,14,18,20,42,45-50,53-57H,3-11,13,15-17,19,21-41H2,1-2H3,(H,58,59)/b14-12-,20-18-. The summed E-state index contributed by atoms with van der Waals surface area (Å²) in [5.74, 6) is -1.10. The quantitative estimate of drug-likeness (QED) is 0.0146. The highest BCUT2D eigenvalue weighted by Crippen LogP contribution is 2.47. The summed E-state index contributed by atoms with van der Waals surface area (Å²) in [7, 11) is -5.12. The lowest BCUT2D eigenvalue weighted by Gasteiger charge is -2.41. The largest absolute Gasteiger partial charge is 0.472 e. The van der Waals surface area contributed by atoms with Crippen LogP contribution in [-0.2, 0) is 32.7 Å². The van der Waals surface area contributed by atoms with Gasteiger partial charge in [0, 0.05) is 12.8 Å². The number of hydrogen-bond acceptors (Lipinski definition) is 12. The van der Waals surface area contributed by atoms with Crippen LogP contribution in [0, 0.1) is 0 Å². The number of unbranched alkanes of at least 4 members (excludes halogenated alkanes) is 27. The molecule has 14 heteroatoms. The van der Waals surface area contributed by atoms with Crippen LogP contribution in [0.5, 0.6) is 0 Å². The zero-order chi connectivity index (χ0) is 47.1. The van der Waals surface area contributed by atoms with Gasteiger partial charge in [0.25, 0.3) is 0 Å². The molecule has 6 atom stereocenters. The summed E-state index contributed by atoms with van der Waals surface area (Å²) in [5.41, 5.74) is 0. The van der Waals surface area contributed by atoms with Crippen molar-refractivity contribution in [3.63, 3.8) is 0 Å². The number of aliphatic hydroxyl groups is 5. The molecule has 1 fully saturated rings. The van der Waals surface area contributed by atoms with Gasteiger partial charge in [-0.1, -0.05) is 192 Å². The van der Waals surface area contributed by atoms with E-state index in [-0.39, 0.29) is 12.8 Å². The third-order valence-corrected chi connectivity index (χ3v) is 13.0. The third kappa shape index (κ3) is 32.1. The monoisotopic (exact) mass is 933 g/mol. The molecule has 0 aromatic rings. The van der Waals surface area contributed by atoms with Gasteiger partial charge in [-0.15, -0.1) is 0 Å². The predicted molar refractivity (Wildman–Crippen MR) is 254 cm³/mol. The average Bonchev–Trinajstić information content (AvgIpc) is 3.28. The summed E-state index contributed by atoms with van der Waals surface area (Å²) in [5, 5.41) is 50.2. The number of rotatable bonds is 43. The summed E-state index contributed by atoms with van der Waals surface area (Å²) >= 11 is 0. The molecule has 0 saturated heterocycles. The highest BCUT2D eigenvalue weighted by atomic mass is 31.2. The number of esters is 2. The molecule has 0 heterocycles. The summed E-state index contributed by atoms with van der Waals surface area (Å²) in [6.45, 7) is 3.30. The summed E-state index contributed by atoms with van der Waals surface area (Å²) in [6.07, 6.45) is 32.2. The molecule has 64 heavy (non-hydrogen) atoms. The lowest BCUT2D eigenvalue weighted by Crippen LogP contribution is -2.64. The van der Waals surface area contributed by atoms with Crippen molar-refractivity contribution >= 4 is 19.8 Å². The zero-order valence-electron chi connectivity index (χ0n) is 40.1. The molecular weight excluding hydrogens is 840 g/mol. The normalized spacial score (nSPS) is 21.7. The lowest BCUT2D eigenvalue weighted by atomic mass is 9.85. The van der Waals surface area contributed by atoms with E-state index in [4.69, 9.17) is 18.5 Å². The van der Waals surface area contributed by atoms with Crippen molar-refractivity contribution in [2.75, 3.05) is 13.2 Å². The summed E-state index contributed by atoms with van der Waals surface area (Å²) < 4.78 is 33.6. The molecule has 1 saturated carbocycles. The minimum atomic E-state index is -5.12. The Kier molecular flexibility index (Phi) is 38.1. The van der Waals surface area contributed by atoms with Crippen molar-refractivity contribution in [3.8, 4) is 0 Å². The van der Waals surface area contributed by atoms with E-state index in [0.29, 0.717) is 12.8 Å². The third-order valence-electron chi connectivity index (χ3n) is 12.0. The molecule has 0 radical (unpaired) electrons. The van der Waals surface area contributed by atoms with Gasteiger partial charge < -0.3 is 39.9 Å². The van der Waals surface area contributed by atoms with E-state index in [1.54, 1.807) is 0 Å². The number of phosphoric ester groups is 1. The Morgan fingerprint density at radius 3 is 1.30 bits per heavy atom. The van der Waals surface area contributed by atoms with Gasteiger partial charge in [-0.2, -0.15) is 0 Å². The molecule has 6 unspecified atom stereocenters. The molecule has 0 aliphatic heterocycles. The fraction of sp³-hybridized carbons (Fsp3) is 0.880. The van der Waals surface area contributed by atoms with Gasteiger partial charge in [0.1, 0.15) is 43.2 Å². The van der Waals surface area contributed by atoms with Gasteiger partial charge in [0.05, 0.1) is 6.61 Å².